The third kappa shape index (κ3) is 4.35. The molecule has 9 heteroatoms. The van der Waals surface area contributed by atoms with Crippen molar-refractivity contribution in [2.75, 3.05) is 13.1 Å². The lowest BCUT2D eigenvalue weighted by atomic mass is 9.68. The number of benzene rings is 2. The van der Waals surface area contributed by atoms with Crippen LogP contribution in [0.25, 0.3) is 0 Å². The van der Waals surface area contributed by atoms with Crippen LogP contribution in [-0.2, 0) is 4.79 Å². The van der Waals surface area contributed by atoms with E-state index >= 15 is 0 Å². The van der Waals surface area contributed by atoms with E-state index in [1.807, 2.05) is 10.4 Å². The second-order valence-corrected chi connectivity index (χ2v) is 8.86. The molecule has 0 spiro atoms. The Bertz CT molecular complexity index is 1120. The minimum atomic E-state index is -1.51. The maximum absolute atomic E-state index is 13.6. The number of carbonyl (C=O) groups excluding carboxylic acids is 1. The van der Waals surface area contributed by atoms with Crippen molar-refractivity contribution in [3.63, 3.8) is 0 Å². The number of rotatable bonds is 4. The number of carbonyl (C=O) groups is 1. The number of nitrogens with two attached hydrogens (primary N) is 1. The molecule has 2 aromatic carbocycles. The van der Waals surface area contributed by atoms with Gasteiger partial charge in [0.05, 0.1) is 16.8 Å². The number of aldehydes is 1. The molecule has 2 N–H and O–H groups in total. The Labute approximate surface area is 186 Å². The second-order valence-electron chi connectivity index (χ2n) is 7.69. The van der Waals surface area contributed by atoms with E-state index in [-0.39, 0.29) is 17.3 Å². The Morgan fingerprint density at radius 2 is 1.78 bits per heavy atom. The Hall–Kier alpha value is -2.91. The summed E-state index contributed by atoms with van der Waals surface area (Å²) in [6.07, 6.45) is 4.94. The molecule has 0 saturated carbocycles. The quantitative estimate of drug-likeness (QED) is 0.298. The molecule has 1 unspecified atom stereocenters. The summed E-state index contributed by atoms with van der Waals surface area (Å²) >= 11 is 1.07. The molecule has 0 radical (unpaired) electrons. The minimum absolute atomic E-state index is 0.207. The number of allylic oxidation sites excluding steroid dienone is 2. The number of halogens is 4. The second kappa shape index (κ2) is 8.91. The van der Waals surface area contributed by atoms with Gasteiger partial charge in [0.2, 0.25) is 0 Å². The fourth-order valence-electron chi connectivity index (χ4n) is 3.93. The van der Waals surface area contributed by atoms with Crippen molar-refractivity contribution in [2.45, 2.75) is 17.7 Å². The zero-order valence-electron chi connectivity index (χ0n) is 16.8. The molecule has 4 nitrogen and oxygen atoms in total. The molecule has 4 rings (SSSR count). The molecule has 1 saturated heterocycles. The number of hydrogen-bond acceptors (Lipinski definition) is 5. The third-order valence-corrected chi connectivity index (χ3v) is 6.59. The van der Waals surface area contributed by atoms with Crippen molar-refractivity contribution in [1.82, 2.24) is 4.31 Å². The van der Waals surface area contributed by atoms with Gasteiger partial charge in [-0.05, 0) is 79.0 Å². The molecule has 1 fully saturated rings. The molecular weight excluding hydrogens is 442 g/mol. The zero-order chi connectivity index (χ0) is 22.9. The smallest absolute Gasteiger partial charge is 0.194 e. The molecule has 0 amide bonds. The Balaban J connectivity index is 1.61. The van der Waals surface area contributed by atoms with E-state index in [0.717, 1.165) is 35.9 Å². The summed E-state index contributed by atoms with van der Waals surface area (Å²) in [4.78, 5) is 17.0. The van der Waals surface area contributed by atoms with Crippen LogP contribution in [0.15, 0.2) is 69.7 Å². The number of hydrogen-bond donors (Lipinski definition) is 1. The summed E-state index contributed by atoms with van der Waals surface area (Å²) in [5.74, 6) is -4.40. The molecule has 1 aliphatic heterocycles. The molecular formula is C23H19F4N3OS. The minimum Gasteiger partial charge on any atom is -0.404 e. The first kappa shape index (κ1) is 22.3. The molecule has 2 aromatic rings. The standard InChI is InChI=1S/C23H19F4N3OS/c24-16-1-3-17(4-2-16)29-21-7-15-5-6-30(12-23(15,13-31)10-14(21)11-28)32-18-8-19(25)22(27)20(26)9-18/h1-4,7-9,11,13H,5-6,10,12,28H2. The van der Waals surface area contributed by atoms with Crippen LogP contribution < -0.4 is 5.73 Å². The van der Waals surface area contributed by atoms with E-state index in [4.69, 9.17) is 5.73 Å². The summed E-state index contributed by atoms with van der Waals surface area (Å²) in [6, 6.07) is 7.60. The number of piperidine rings is 1. The van der Waals surface area contributed by atoms with Gasteiger partial charge in [0.25, 0.3) is 0 Å². The Kier molecular flexibility index (Phi) is 6.21. The van der Waals surface area contributed by atoms with Gasteiger partial charge in [-0.1, -0.05) is 5.57 Å². The SMILES string of the molecule is NC=C1CC2(C=O)CN(Sc3cc(F)c(F)c(F)c3)CCC2=CC1=Nc1ccc(F)cc1. The predicted molar refractivity (Wildman–Crippen MR) is 115 cm³/mol. The van der Waals surface area contributed by atoms with E-state index in [2.05, 4.69) is 4.99 Å². The van der Waals surface area contributed by atoms with Crippen LogP contribution in [0.5, 0.6) is 0 Å². The van der Waals surface area contributed by atoms with Gasteiger partial charge in [-0.3, -0.25) is 0 Å². The lowest BCUT2D eigenvalue weighted by molar-refractivity contribution is -0.115. The lowest BCUT2D eigenvalue weighted by Gasteiger charge is -2.43. The molecule has 32 heavy (non-hydrogen) atoms. The maximum Gasteiger partial charge on any atom is 0.194 e. The highest BCUT2D eigenvalue weighted by Crippen LogP contribution is 2.45. The number of fused-ring (bicyclic) bond motifs is 1. The number of aliphatic imine (C=N–C) groups is 1. The van der Waals surface area contributed by atoms with Crippen molar-refractivity contribution in [3.8, 4) is 0 Å². The normalized spacial score (nSPS) is 23.8. The summed E-state index contributed by atoms with van der Waals surface area (Å²) < 4.78 is 55.4. The largest absolute Gasteiger partial charge is 0.404 e. The highest BCUT2D eigenvalue weighted by Gasteiger charge is 2.43. The van der Waals surface area contributed by atoms with Gasteiger partial charge in [0, 0.05) is 18.0 Å². The van der Waals surface area contributed by atoms with Gasteiger partial charge in [0.1, 0.15) is 12.1 Å². The lowest BCUT2D eigenvalue weighted by Crippen LogP contribution is -2.45. The fraction of sp³-hybridized carbons (Fsp3) is 0.217. The van der Waals surface area contributed by atoms with E-state index in [9.17, 15) is 22.4 Å². The molecule has 2 aliphatic rings. The van der Waals surface area contributed by atoms with Crippen LogP contribution >= 0.6 is 11.9 Å². The first-order chi connectivity index (χ1) is 15.3. The van der Waals surface area contributed by atoms with Crippen molar-refractivity contribution in [1.29, 1.82) is 0 Å². The van der Waals surface area contributed by atoms with E-state index < -0.39 is 22.9 Å². The van der Waals surface area contributed by atoms with Crippen LogP contribution in [0.1, 0.15) is 12.8 Å². The summed E-state index contributed by atoms with van der Waals surface area (Å²) in [5, 5.41) is 0. The van der Waals surface area contributed by atoms with Gasteiger partial charge >= 0.3 is 0 Å². The van der Waals surface area contributed by atoms with Crippen LogP contribution in [0.4, 0.5) is 23.2 Å². The van der Waals surface area contributed by atoms with Crippen LogP contribution in [-0.4, -0.2) is 29.4 Å². The average Bonchev–Trinajstić information content (AvgIpc) is 2.78. The van der Waals surface area contributed by atoms with E-state index in [1.54, 1.807) is 12.1 Å². The van der Waals surface area contributed by atoms with Crippen molar-refractivity contribution in [2.24, 2.45) is 16.1 Å². The molecule has 0 aromatic heterocycles. The van der Waals surface area contributed by atoms with Gasteiger partial charge in [-0.15, -0.1) is 0 Å². The van der Waals surface area contributed by atoms with E-state index in [1.165, 1.54) is 18.3 Å². The topological polar surface area (TPSA) is 58.7 Å². The van der Waals surface area contributed by atoms with Gasteiger partial charge in [0.15, 0.2) is 17.5 Å². The average molecular weight is 461 g/mol. The Morgan fingerprint density at radius 1 is 1.09 bits per heavy atom. The highest BCUT2D eigenvalue weighted by atomic mass is 32.2. The monoisotopic (exact) mass is 461 g/mol. The van der Waals surface area contributed by atoms with Gasteiger partial charge in [-0.25, -0.2) is 26.9 Å². The Morgan fingerprint density at radius 3 is 2.41 bits per heavy atom. The van der Waals surface area contributed by atoms with Crippen LogP contribution in [0.2, 0.25) is 0 Å². The number of nitrogens with zero attached hydrogens (tertiary/aromatic N) is 2. The van der Waals surface area contributed by atoms with Gasteiger partial charge in [-0.2, -0.15) is 0 Å². The van der Waals surface area contributed by atoms with Crippen molar-refractivity contribution >= 4 is 29.6 Å². The highest BCUT2D eigenvalue weighted by molar-refractivity contribution is 7.97. The van der Waals surface area contributed by atoms with Crippen LogP contribution in [0.3, 0.4) is 0 Å². The predicted octanol–water partition coefficient (Wildman–Crippen LogP) is 5.09. The zero-order valence-corrected chi connectivity index (χ0v) is 17.6. The molecule has 1 atom stereocenters. The molecule has 166 valence electrons. The molecule has 0 bridgehead atoms. The van der Waals surface area contributed by atoms with Crippen molar-refractivity contribution < 1.29 is 22.4 Å². The summed E-state index contributed by atoms with van der Waals surface area (Å²) in [5.41, 5.74) is 7.67. The third-order valence-electron chi connectivity index (χ3n) is 5.57. The summed E-state index contributed by atoms with van der Waals surface area (Å²) in [7, 11) is 0. The maximum atomic E-state index is 13.6. The van der Waals surface area contributed by atoms with Gasteiger partial charge < -0.3 is 10.5 Å². The van der Waals surface area contributed by atoms with E-state index in [0.29, 0.717) is 36.4 Å². The first-order valence-corrected chi connectivity index (χ1v) is 10.6. The first-order valence-electron chi connectivity index (χ1n) is 9.84. The van der Waals surface area contributed by atoms with Crippen molar-refractivity contribution in [3.05, 3.63) is 83.1 Å². The van der Waals surface area contributed by atoms with Crippen LogP contribution in [0, 0.1) is 28.7 Å². The molecule has 1 heterocycles. The summed E-state index contributed by atoms with van der Waals surface area (Å²) in [6.45, 7) is 0.799. The molecule has 1 aliphatic carbocycles. The fourth-order valence-corrected chi connectivity index (χ4v) is 5.02.